The van der Waals surface area contributed by atoms with Crippen LogP contribution in [0.5, 0.6) is 11.5 Å². The van der Waals surface area contributed by atoms with Gasteiger partial charge in [-0.3, -0.25) is 4.90 Å². The minimum atomic E-state index is -4.36. The Morgan fingerprint density at radius 3 is 2.31 bits per heavy atom. The molecule has 4 rings (SSSR count). The topological polar surface area (TPSA) is 68.2 Å². The Kier molecular flexibility index (Phi) is 11.0. The number of ether oxygens (including phenoxy) is 3. The van der Waals surface area contributed by atoms with Crippen LogP contribution in [-0.4, -0.2) is 67.5 Å². The molecule has 1 aliphatic rings. The van der Waals surface area contributed by atoms with Crippen molar-refractivity contribution in [3.63, 3.8) is 0 Å². The maximum absolute atomic E-state index is 12.8. The predicted molar refractivity (Wildman–Crippen MR) is 156 cm³/mol. The SMILES string of the molecule is Cc1cc(OC/C=C(\c2ccc(C#CCN3CCOCC3)cc2)c2ccc(SC(F)(F)F)cc2)ccc1OCC(=O)O. The van der Waals surface area contributed by atoms with Gasteiger partial charge in [-0.2, -0.15) is 13.2 Å². The molecule has 3 aromatic carbocycles. The zero-order valence-corrected chi connectivity index (χ0v) is 23.8. The first-order valence-corrected chi connectivity index (χ1v) is 14.0. The van der Waals surface area contributed by atoms with Crippen molar-refractivity contribution in [3.8, 4) is 23.3 Å². The third-order valence-corrected chi connectivity index (χ3v) is 7.01. The standard InChI is InChI=1S/C32H30F3NO5S/c1-23-21-27(10-13-30(23)41-22-31(37)38)40-18-14-29(26-8-11-28(12-9-26)42-32(33,34)35)25-6-4-24(5-7-25)3-2-15-36-16-19-39-20-17-36/h4-14,21H,15-20,22H2,1H3,(H,37,38)/b29-14+. The predicted octanol–water partition coefficient (Wildman–Crippen LogP) is 6.26. The summed E-state index contributed by atoms with van der Waals surface area (Å²) in [5.74, 6) is 6.34. The third kappa shape index (κ3) is 9.87. The number of hydrogen-bond acceptors (Lipinski definition) is 6. The molecule has 1 saturated heterocycles. The highest BCUT2D eigenvalue weighted by Gasteiger charge is 2.29. The number of alkyl halides is 3. The number of aliphatic carboxylic acids is 1. The Balaban J connectivity index is 1.50. The van der Waals surface area contributed by atoms with Gasteiger partial charge in [0.15, 0.2) is 6.61 Å². The average Bonchev–Trinajstić information content (AvgIpc) is 2.96. The number of aryl methyl sites for hydroxylation is 1. The number of rotatable bonds is 10. The largest absolute Gasteiger partial charge is 0.489 e. The van der Waals surface area contributed by atoms with E-state index in [9.17, 15) is 18.0 Å². The van der Waals surface area contributed by atoms with E-state index in [1.165, 1.54) is 12.1 Å². The lowest BCUT2D eigenvalue weighted by molar-refractivity contribution is -0.139. The summed E-state index contributed by atoms with van der Waals surface area (Å²) in [6.45, 7) is 5.38. The number of carboxylic acids is 1. The van der Waals surface area contributed by atoms with Crippen molar-refractivity contribution < 1.29 is 37.3 Å². The molecule has 220 valence electrons. The van der Waals surface area contributed by atoms with E-state index in [1.807, 2.05) is 30.3 Å². The van der Waals surface area contributed by atoms with Gasteiger partial charge in [-0.15, -0.1) is 0 Å². The van der Waals surface area contributed by atoms with Crippen molar-refractivity contribution in [3.05, 3.63) is 95.1 Å². The Bertz CT molecular complexity index is 1440. The van der Waals surface area contributed by atoms with Gasteiger partial charge in [0.1, 0.15) is 18.1 Å². The molecule has 1 heterocycles. The highest BCUT2D eigenvalue weighted by atomic mass is 32.2. The molecule has 6 nitrogen and oxygen atoms in total. The molecular weight excluding hydrogens is 567 g/mol. The lowest BCUT2D eigenvalue weighted by Crippen LogP contribution is -2.36. The van der Waals surface area contributed by atoms with Crippen LogP contribution in [0.25, 0.3) is 5.57 Å². The fourth-order valence-corrected chi connectivity index (χ4v) is 4.76. The molecule has 42 heavy (non-hydrogen) atoms. The molecule has 10 heteroatoms. The fourth-order valence-electron chi connectivity index (χ4n) is 4.22. The van der Waals surface area contributed by atoms with Gasteiger partial charge in [0.2, 0.25) is 0 Å². The van der Waals surface area contributed by atoms with Crippen molar-refractivity contribution in [2.45, 2.75) is 17.3 Å². The van der Waals surface area contributed by atoms with Crippen LogP contribution in [0.4, 0.5) is 13.2 Å². The second-order valence-electron chi connectivity index (χ2n) is 9.38. The second kappa shape index (κ2) is 14.8. The van der Waals surface area contributed by atoms with E-state index in [2.05, 4.69) is 16.7 Å². The monoisotopic (exact) mass is 597 g/mol. The van der Waals surface area contributed by atoms with Crippen LogP contribution in [0, 0.1) is 18.8 Å². The van der Waals surface area contributed by atoms with E-state index in [0.717, 1.165) is 54.1 Å². The minimum Gasteiger partial charge on any atom is -0.489 e. The summed E-state index contributed by atoms with van der Waals surface area (Å²) in [7, 11) is 0. The normalized spacial score (nSPS) is 14.1. The first kappa shape index (κ1) is 31.0. The van der Waals surface area contributed by atoms with Crippen LogP contribution < -0.4 is 9.47 Å². The summed E-state index contributed by atoms with van der Waals surface area (Å²) in [4.78, 5) is 13.1. The highest BCUT2D eigenvalue weighted by molar-refractivity contribution is 8.00. The summed E-state index contributed by atoms with van der Waals surface area (Å²) >= 11 is -0.153. The minimum absolute atomic E-state index is 0.105. The smallest absolute Gasteiger partial charge is 0.446 e. The Labute approximate surface area is 247 Å². The number of nitrogens with zero attached hydrogens (tertiary/aromatic N) is 1. The number of thioether (sulfide) groups is 1. The molecule has 0 aromatic heterocycles. The van der Waals surface area contributed by atoms with Crippen LogP contribution >= 0.6 is 11.8 Å². The first-order valence-electron chi connectivity index (χ1n) is 13.2. The molecule has 0 saturated carbocycles. The number of benzene rings is 3. The molecule has 3 aromatic rings. The van der Waals surface area contributed by atoms with Crippen molar-refractivity contribution in [2.75, 3.05) is 46.1 Å². The van der Waals surface area contributed by atoms with Gasteiger partial charge in [-0.1, -0.05) is 36.1 Å². The molecule has 1 aliphatic heterocycles. The van der Waals surface area contributed by atoms with E-state index in [1.54, 1.807) is 37.3 Å². The lowest BCUT2D eigenvalue weighted by Gasteiger charge is -2.24. The molecule has 0 atom stereocenters. The zero-order chi connectivity index (χ0) is 30.0. The van der Waals surface area contributed by atoms with E-state index < -0.39 is 18.1 Å². The second-order valence-corrected chi connectivity index (χ2v) is 10.5. The molecular formula is C32H30F3NO5S. The zero-order valence-electron chi connectivity index (χ0n) is 22.9. The molecule has 0 radical (unpaired) electrons. The highest BCUT2D eigenvalue weighted by Crippen LogP contribution is 2.37. The van der Waals surface area contributed by atoms with Gasteiger partial charge in [0.25, 0.3) is 0 Å². The Morgan fingerprint density at radius 2 is 1.69 bits per heavy atom. The summed E-state index contributed by atoms with van der Waals surface area (Å²) < 4.78 is 55.1. The average molecular weight is 598 g/mol. The fraction of sp³-hybridized carbons (Fsp3) is 0.281. The van der Waals surface area contributed by atoms with Gasteiger partial charge in [-0.05, 0) is 89.5 Å². The molecule has 0 aliphatic carbocycles. The molecule has 0 amide bonds. The molecule has 0 spiro atoms. The first-order chi connectivity index (χ1) is 20.2. The van der Waals surface area contributed by atoms with E-state index in [-0.39, 0.29) is 23.3 Å². The maximum atomic E-state index is 12.8. The van der Waals surface area contributed by atoms with Gasteiger partial charge in [0.05, 0.1) is 19.8 Å². The van der Waals surface area contributed by atoms with E-state index in [4.69, 9.17) is 19.3 Å². The van der Waals surface area contributed by atoms with Crippen molar-refractivity contribution >= 4 is 23.3 Å². The van der Waals surface area contributed by atoms with Crippen LogP contribution in [-0.2, 0) is 9.53 Å². The van der Waals surface area contributed by atoms with E-state index in [0.29, 0.717) is 18.0 Å². The van der Waals surface area contributed by atoms with Crippen LogP contribution in [0.15, 0.2) is 77.7 Å². The number of morpholine rings is 1. The van der Waals surface area contributed by atoms with Gasteiger partial charge >= 0.3 is 11.5 Å². The molecule has 0 unspecified atom stereocenters. The quantitative estimate of drug-likeness (QED) is 0.219. The van der Waals surface area contributed by atoms with Gasteiger partial charge < -0.3 is 19.3 Å². The van der Waals surface area contributed by atoms with Gasteiger partial charge in [0, 0.05) is 23.5 Å². The third-order valence-electron chi connectivity index (χ3n) is 6.27. The molecule has 1 N–H and O–H groups in total. The van der Waals surface area contributed by atoms with Crippen LogP contribution in [0.1, 0.15) is 22.3 Å². The summed E-state index contributed by atoms with van der Waals surface area (Å²) in [6.07, 6.45) is 1.87. The van der Waals surface area contributed by atoms with Crippen molar-refractivity contribution in [2.24, 2.45) is 0 Å². The summed E-state index contributed by atoms with van der Waals surface area (Å²) in [6, 6.07) is 19.0. The number of halogens is 3. The number of carbonyl (C=O) groups is 1. The molecule has 0 bridgehead atoms. The number of hydrogen-bond donors (Lipinski definition) is 1. The Morgan fingerprint density at radius 1 is 1.02 bits per heavy atom. The Hall–Kier alpha value is -3.91. The summed E-state index contributed by atoms with van der Waals surface area (Å²) in [5, 5.41) is 8.82. The van der Waals surface area contributed by atoms with Crippen LogP contribution in [0.2, 0.25) is 0 Å². The number of carboxylic acid groups (broad SMARTS) is 1. The summed E-state index contributed by atoms with van der Waals surface area (Å²) in [5.41, 5.74) is -0.378. The molecule has 1 fully saturated rings. The maximum Gasteiger partial charge on any atom is 0.446 e. The van der Waals surface area contributed by atoms with E-state index >= 15 is 0 Å². The van der Waals surface area contributed by atoms with Crippen molar-refractivity contribution in [1.82, 2.24) is 4.90 Å². The lowest BCUT2D eigenvalue weighted by atomic mass is 9.97. The van der Waals surface area contributed by atoms with Crippen LogP contribution in [0.3, 0.4) is 0 Å². The van der Waals surface area contributed by atoms with Gasteiger partial charge in [-0.25, -0.2) is 4.79 Å². The van der Waals surface area contributed by atoms with Crippen molar-refractivity contribution in [1.29, 1.82) is 0 Å².